The monoisotopic (exact) mass is 647 g/mol. The highest BCUT2D eigenvalue weighted by Crippen LogP contribution is 2.47. The Morgan fingerprint density at radius 3 is 1.22 bits per heavy atom. The third-order valence-electron chi connectivity index (χ3n) is 10.4. The Bertz CT molecular complexity index is 2830. The van der Waals surface area contributed by atoms with Crippen molar-refractivity contribution < 1.29 is 0 Å². The molecule has 1 heteroatoms. The Hall–Kier alpha value is -6.70. The summed E-state index contributed by atoms with van der Waals surface area (Å²) in [6, 6.07) is 73.1. The molecule has 0 saturated carbocycles. The van der Waals surface area contributed by atoms with E-state index in [0.29, 0.717) is 0 Å². The van der Waals surface area contributed by atoms with E-state index in [1.807, 2.05) is 0 Å². The summed E-state index contributed by atoms with van der Waals surface area (Å²) >= 11 is 0. The fourth-order valence-corrected chi connectivity index (χ4v) is 8.16. The van der Waals surface area contributed by atoms with Gasteiger partial charge in [0.2, 0.25) is 0 Å². The van der Waals surface area contributed by atoms with E-state index in [0.717, 1.165) is 17.1 Å². The SMILES string of the molecule is c1ccc(-c2ccc(-c3ccccc3)n2-c2ccc3c(-c4cccc5ccccc45)c4ccccc4c(-c4cccc5ccccc45)c3c2)cc1. The van der Waals surface area contributed by atoms with Crippen LogP contribution >= 0.6 is 0 Å². The molecule has 0 spiro atoms. The molecule has 9 aromatic carbocycles. The molecule has 0 radical (unpaired) electrons. The maximum absolute atomic E-state index is 2.44. The molecule has 0 saturated heterocycles. The summed E-state index contributed by atoms with van der Waals surface area (Å²) in [4.78, 5) is 0. The molecule has 1 nitrogen and oxygen atoms in total. The van der Waals surface area contributed by atoms with E-state index in [1.165, 1.54) is 76.5 Å². The lowest BCUT2D eigenvalue weighted by molar-refractivity contribution is 1.10. The summed E-state index contributed by atoms with van der Waals surface area (Å²) in [6.45, 7) is 0. The molecule has 0 amide bonds. The maximum Gasteiger partial charge on any atom is 0.0535 e. The van der Waals surface area contributed by atoms with E-state index in [9.17, 15) is 0 Å². The molecular weight excluding hydrogens is 615 g/mol. The van der Waals surface area contributed by atoms with Crippen molar-refractivity contribution in [2.24, 2.45) is 0 Å². The number of fused-ring (bicyclic) bond motifs is 4. The molecule has 10 rings (SSSR count). The highest BCUT2D eigenvalue weighted by Gasteiger charge is 2.21. The fourth-order valence-electron chi connectivity index (χ4n) is 8.16. The second-order valence-corrected chi connectivity index (χ2v) is 13.3. The zero-order valence-corrected chi connectivity index (χ0v) is 28.0. The summed E-state index contributed by atoms with van der Waals surface area (Å²) in [7, 11) is 0. The molecule has 0 aliphatic rings. The molecule has 10 aromatic rings. The topological polar surface area (TPSA) is 4.93 Å². The standard InChI is InChI=1S/C50H33N/c1-3-17-36(18-4-1)47-31-32-48(37-19-5-2-6-20-37)51(47)38-29-30-45-46(33-38)50(42-28-14-22-35-16-8-10-24-40(35)42)44-26-12-11-25-43(44)49(45)41-27-13-21-34-15-7-9-23-39(34)41/h1-33H. The Kier molecular flexibility index (Phi) is 6.89. The molecular formula is C50H33N. The van der Waals surface area contributed by atoms with Gasteiger partial charge in [0.05, 0.1) is 11.4 Å². The van der Waals surface area contributed by atoms with Crippen LogP contribution in [0.1, 0.15) is 0 Å². The van der Waals surface area contributed by atoms with E-state index in [1.54, 1.807) is 0 Å². The zero-order valence-electron chi connectivity index (χ0n) is 28.0. The van der Waals surface area contributed by atoms with Gasteiger partial charge in [0.1, 0.15) is 0 Å². The van der Waals surface area contributed by atoms with E-state index < -0.39 is 0 Å². The van der Waals surface area contributed by atoms with Crippen LogP contribution in [0.5, 0.6) is 0 Å². The first-order chi connectivity index (χ1) is 25.3. The zero-order chi connectivity index (χ0) is 33.7. The Morgan fingerprint density at radius 2 is 0.686 bits per heavy atom. The van der Waals surface area contributed by atoms with E-state index >= 15 is 0 Å². The van der Waals surface area contributed by atoms with Crippen molar-refractivity contribution in [3.63, 3.8) is 0 Å². The van der Waals surface area contributed by atoms with Gasteiger partial charge in [-0.15, -0.1) is 0 Å². The second kappa shape index (κ2) is 12.0. The molecule has 1 aromatic heterocycles. The number of hydrogen-bond acceptors (Lipinski definition) is 0. The molecule has 0 atom stereocenters. The van der Waals surface area contributed by atoms with Gasteiger partial charge in [-0.1, -0.05) is 176 Å². The van der Waals surface area contributed by atoms with Crippen LogP contribution in [-0.2, 0) is 0 Å². The molecule has 0 fully saturated rings. The first-order valence-corrected chi connectivity index (χ1v) is 17.6. The summed E-state index contributed by atoms with van der Waals surface area (Å²) in [6.07, 6.45) is 0. The highest BCUT2D eigenvalue weighted by atomic mass is 15.0. The van der Waals surface area contributed by atoms with E-state index in [2.05, 4.69) is 205 Å². The normalized spacial score (nSPS) is 11.5. The van der Waals surface area contributed by atoms with Gasteiger partial charge in [-0.05, 0) is 101 Å². The van der Waals surface area contributed by atoms with Gasteiger partial charge in [-0.25, -0.2) is 0 Å². The Morgan fingerprint density at radius 1 is 0.275 bits per heavy atom. The molecule has 238 valence electrons. The third-order valence-corrected chi connectivity index (χ3v) is 10.4. The van der Waals surface area contributed by atoms with Crippen LogP contribution in [0.15, 0.2) is 200 Å². The van der Waals surface area contributed by atoms with Crippen LogP contribution in [0.3, 0.4) is 0 Å². The smallest absolute Gasteiger partial charge is 0.0535 e. The third kappa shape index (κ3) is 4.78. The lowest BCUT2D eigenvalue weighted by Crippen LogP contribution is -2.00. The average Bonchev–Trinajstić information content (AvgIpc) is 3.66. The van der Waals surface area contributed by atoms with Gasteiger partial charge in [-0.2, -0.15) is 0 Å². The lowest BCUT2D eigenvalue weighted by Gasteiger charge is -2.21. The number of aromatic nitrogens is 1. The summed E-state index contributed by atoms with van der Waals surface area (Å²) < 4.78 is 2.43. The van der Waals surface area contributed by atoms with E-state index in [4.69, 9.17) is 0 Å². The van der Waals surface area contributed by atoms with Gasteiger partial charge >= 0.3 is 0 Å². The van der Waals surface area contributed by atoms with Crippen molar-refractivity contribution in [1.29, 1.82) is 0 Å². The van der Waals surface area contributed by atoms with Gasteiger partial charge < -0.3 is 4.57 Å². The van der Waals surface area contributed by atoms with Crippen LogP contribution in [0.2, 0.25) is 0 Å². The Balaban J connectivity index is 1.37. The predicted molar refractivity (Wildman–Crippen MR) is 218 cm³/mol. The van der Waals surface area contributed by atoms with Crippen molar-refractivity contribution in [3.05, 3.63) is 200 Å². The molecule has 0 bridgehead atoms. The van der Waals surface area contributed by atoms with Crippen molar-refractivity contribution in [2.75, 3.05) is 0 Å². The minimum atomic E-state index is 1.13. The van der Waals surface area contributed by atoms with Crippen LogP contribution in [0.4, 0.5) is 0 Å². The molecule has 51 heavy (non-hydrogen) atoms. The van der Waals surface area contributed by atoms with E-state index in [-0.39, 0.29) is 0 Å². The first-order valence-electron chi connectivity index (χ1n) is 17.6. The molecule has 0 aliphatic heterocycles. The average molecular weight is 648 g/mol. The summed E-state index contributed by atoms with van der Waals surface area (Å²) in [5.74, 6) is 0. The minimum Gasteiger partial charge on any atom is -0.309 e. The van der Waals surface area contributed by atoms with Crippen molar-refractivity contribution in [2.45, 2.75) is 0 Å². The number of benzene rings is 9. The minimum absolute atomic E-state index is 1.13. The van der Waals surface area contributed by atoms with Gasteiger partial charge in [0, 0.05) is 5.69 Å². The van der Waals surface area contributed by atoms with Crippen LogP contribution < -0.4 is 0 Å². The van der Waals surface area contributed by atoms with Crippen LogP contribution in [-0.4, -0.2) is 4.57 Å². The fraction of sp³-hybridized carbons (Fsp3) is 0. The quantitative estimate of drug-likeness (QED) is 0.164. The van der Waals surface area contributed by atoms with Gasteiger partial charge in [0.25, 0.3) is 0 Å². The molecule has 0 aliphatic carbocycles. The Labute approximate surface area is 297 Å². The molecule has 1 heterocycles. The number of hydrogen-bond donors (Lipinski definition) is 0. The molecule has 0 N–H and O–H groups in total. The maximum atomic E-state index is 2.44. The van der Waals surface area contributed by atoms with Crippen molar-refractivity contribution in [1.82, 2.24) is 4.57 Å². The summed E-state index contributed by atoms with van der Waals surface area (Å²) in [5, 5.41) is 9.98. The van der Waals surface area contributed by atoms with Crippen LogP contribution in [0, 0.1) is 0 Å². The highest BCUT2D eigenvalue weighted by molar-refractivity contribution is 6.25. The lowest BCUT2D eigenvalue weighted by atomic mass is 9.83. The van der Waals surface area contributed by atoms with Gasteiger partial charge in [-0.3, -0.25) is 0 Å². The number of nitrogens with zero attached hydrogens (tertiary/aromatic N) is 1. The van der Waals surface area contributed by atoms with Crippen molar-refractivity contribution >= 4 is 43.1 Å². The number of rotatable bonds is 5. The van der Waals surface area contributed by atoms with Gasteiger partial charge in [0.15, 0.2) is 0 Å². The predicted octanol–water partition coefficient (Wildman–Crippen LogP) is 13.8. The second-order valence-electron chi connectivity index (χ2n) is 13.3. The van der Waals surface area contributed by atoms with Crippen molar-refractivity contribution in [3.8, 4) is 50.5 Å². The molecule has 0 unspecified atom stereocenters. The summed E-state index contributed by atoms with van der Waals surface area (Å²) in [5.41, 5.74) is 10.9. The first kappa shape index (κ1) is 29.2. The van der Waals surface area contributed by atoms with Crippen LogP contribution in [0.25, 0.3) is 93.5 Å². The largest absolute Gasteiger partial charge is 0.309 e.